The van der Waals surface area contributed by atoms with Gasteiger partial charge in [0.25, 0.3) is 0 Å². The molecule has 3 rings (SSSR count). The molecule has 1 aromatic rings. The molecule has 1 aliphatic carbocycles. The highest BCUT2D eigenvalue weighted by molar-refractivity contribution is 7.80. The summed E-state index contributed by atoms with van der Waals surface area (Å²) >= 11 is 5.27. The second-order valence-electron chi connectivity index (χ2n) is 6.01. The molecule has 0 spiro atoms. The fraction of sp³-hybridized carbons (Fsp3) is 0.500. The van der Waals surface area contributed by atoms with Crippen molar-refractivity contribution in [2.75, 3.05) is 6.54 Å². The van der Waals surface area contributed by atoms with Crippen molar-refractivity contribution < 1.29 is 9.59 Å². The number of nitrogens with zero attached hydrogens (tertiary/aromatic N) is 2. The monoisotopic (exact) mass is 332 g/mol. The minimum absolute atomic E-state index is 0.0185. The van der Waals surface area contributed by atoms with Gasteiger partial charge in [-0.2, -0.15) is 0 Å². The Hall–Kier alpha value is -2.02. The lowest BCUT2D eigenvalue weighted by molar-refractivity contribution is -0.138. The van der Waals surface area contributed by atoms with Gasteiger partial charge in [-0.25, -0.2) is 0 Å². The number of rotatable bonds is 4. The summed E-state index contributed by atoms with van der Waals surface area (Å²) in [4.78, 5) is 30.1. The van der Waals surface area contributed by atoms with Crippen molar-refractivity contribution in [3.63, 3.8) is 0 Å². The van der Waals surface area contributed by atoms with Crippen molar-refractivity contribution in [1.29, 1.82) is 0 Å². The van der Waals surface area contributed by atoms with Crippen molar-refractivity contribution in [1.82, 2.24) is 20.5 Å². The summed E-state index contributed by atoms with van der Waals surface area (Å²) in [5.74, 6) is -0.294. The van der Waals surface area contributed by atoms with E-state index in [9.17, 15) is 9.59 Å². The number of carbonyl (C=O) groups excluding carboxylic acids is 2. The molecule has 1 aromatic heterocycles. The highest BCUT2D eigenvalue weighted by atomic mass is 32.1. The lowest BCUT2D eigenvalue weighted by Gasteiger charge is -2.41. The Morgan fingerprint density at radius 1 is 1.43 bits per heavy atom. The van der Waals surface area contributed by atoms with Crippen molar-refractivity contribution in [2.24, 2.45) is 5.92 Å². The Morgan fingerprint density at radius 3 is 3.04 bits per heavy atom. The van der Waals surface area contributed by atoms with E-state index in [1.54, 1.807) is 12.4 Å². The number of pyridine rings is 1. The highest BCUT2D eigenvalue weighted by Gasteiger charge is 2.40. The maximum atomic E-state index is 12.6. The highest BCUT2D eigenvalue weighted by Crippen LogP contribution is 2.29. The van der Waals surface area contributed by atoms with Crippen LogP contribution >= 0.6 is 12.2 Å². The Kier molecular flexibility index (Phi) is 4.85. The molecule has 2 heterocycles. The van der Waals surface area contributed by atoms with Gasteiger partial charge in [-0.05, 0) is 36.7 Å². The molecule has 2 amide bonds. The van der Waals surface area contributed by atoms with E-state index in [0.29, 0.717) is 11.7 Å². The molecule has 7 heteroatoms. The molecule has 6 nitrogen and oxygen atoms in total. The third-order valence-electron chi connectivity index (χ3n) is 4.42. The van der Waals surface area contributed by atoms with Crippen LogP contribution < -0.4 is 10.6 Å². The van der Waals surface area contributed by atoms with Crippen LogP contribution in [0.1, 0.15) is 31.2 Å². The largest absolute Gasteiger partial charge is 0.359 e. The van der Waals surface area contributed by atoms with Crippen LogP contribution in [0, 0.1) is 5.92 Å². The Labute approximate surface area is 140 Å². The third-order valence-corrected chi connectivity index (χ3v) is 4.76. The van der Waals surface area contributed by atoms with Crippen molar-refractivity contribution in [3.05, 3.63) is 30.1 Å². The summed E-state index contributed by atoms with van der Waals surface area (Å²) in [5, 5.41) is 6.39. The van der Waals surface area contributed by atoms with Gasteiger partial charge in [0.2, 0.25) is 11.8 Å². The van der Waals surface area contributed by atoms with Crippen LogP contribution in [0.15, 0.2) is 24.5 Å². The van der Waals surface area contributed by atoms with E-state index < -0.39 is 0 Å². The predicted octanol–water partition coefficient (Wildman–Crippen LogP) is 0.973. The van der Waals surface area contributed by atoms with Crippen LogP contribution in [-0.2, 0) is 16.1 Å². The van der Waals surface area contributed by atoms with Gasteiger partial charge in [0, 0.05) is 25.0 Å². The fourth-order valence-electron chi connectivity index (χ4n) is 3.19. The second-order valence-corrected chi connectivity index (χ2v) is 6.40. The lowest BCUT2D eigenvalue weighted by Crippen LogP contribution is -2.62. The van der Waals surface area contributed by atoms with Crippen LogP contribution in [0.25, 0.3) is 0 Å². The average Bonchev–Trinajstić information content (AvgIpc) is 2.58. The summed E-state index contributed by atoms with van der Waals surface area (Å²) in [6.45, 7) is 0.356. The van der Waals surface area contributed by atoms with E-state index in [4.69, 9.17) is 12.2 Å². The van der Waals surface area contributed by atoms with Gasteiger partial charge in [-0.1, -0.05) is 18.9 Å². The molecule has 0 bridgehead atoms. The average molecular weight is 332 g/mol. The first-order valence-electron chi connectivity index (χ1n) is 7.92. The number of aromatic nitrogens is 1. The molecule has 23 heavy (non-hydrogen) atoms. The van der Waals surface area contributed by atoms with E-state index >= 15 is 0 Å². The topological polar surface area (TPSA) is 74.3 Å². The first kappa shape index (κ1) is 15.9. The van der Waals surface area contributed by atoms with Crippen LogP contribution in [0.2, 0.25) is 0 Å². The first-order valence-corrected chi connectivity index (χ1v) is 8.33. The molecule has 1 saturated heterocycles. The molecule has 1 aliphatic heterocycles. The first-order chi connectivity index (χ1) is 11.1. The number of thiocarbonyl (C=S) groups is 1. The van der Waals surface area contributed by atoms with E-state index in [-0.39, 0.29) is 30.3 Å². The summed E-state index contributed by atoms with van der Waals surface area (Å²) in [5.41, 5.74) is 0.916. The molecule has 2 unspecified atom stereocenters. The molecule has 0 aromatic carbocycles. The van der Waals surface area contributed by atoms with Gasteiger partial charge < -0.3 is 10.6 Å². The summed E-state index contributed by atoms with van der Waals surface area (Å²) < 4.78 is 0. The zero-order valence-electron chi connectivity index (χ0n) is 12.8. The zero-order chi connectivity index (χ0) is 16.2. The second kappa shape index (κ2) is 7.04. The van der Waals surface area contributed by atoms with E-state index in [2.05, 4.69) is 15.6 Å². The minimum Gasteiger partial charge on any atom is -0.359 e. The maximum absolute atomic E-state index is 12.6. The molecule has 2 N–H and O–H groups in total. The van der Waals surface area contributed by atoms with Gasteiger partial charge in [-0.3, -0.25) is 19.5 Å². The summed E-state index contributed by atoms with van der Waals surface area (Å²) in [7, 11) is 0. The smallest absolute Gasteiger partial charge is 0.240 e. The number of nitrogens with one attached hydrogen (secondary N) is 2. The van der Waals surface area contributed by atoms with E-state index in [1.807, 2.05) is 12.1 Å². The van der Waals surface area contributed by atoms with Crippen LogP contribution in [-0.4, -0.2) is 39.4 Å². The van der Waals surface area contributed by atoms with Crippen LogP contribution in [0.3, 0.4) is 0 Å². The lowest BCUT2D eigenvalue weighted by atomic mass is 9.82. The van der Waals surface area contributed by atoms with Crippen molar-refractivity contribution in [2.45, 2.75) is 38.3 Å². The van der Waals surface area contributed by atoms with Crippen molar-refractivity contribution >= 4 is 29.1 Å². The number of amides is 2. The summed E-state index contributed by atoms with van der Waals surface area (Å²) in [6, 6.07) is 3.84. The van der Waals surface area contributed by atoms with Crippen LogP contribution in [0.5, 0.6) is 0 Å². The number of hydrogen-bond acceptors (Lipinski definition) is 4. The maximum Gasteiger partial charge on any atom is 0.240 e. The van der Waals surface area contributed by atoms with Gasteiger partial charge in [0.1, 0.15) is 6.54 Å². The number of hydrogen-bond donors (Lipinski definition) is 2. The molecule has 2 aliphatic rings. The van der Waals surface area contributed by atoms with Gasteiger partial charge in [0.05, 0.1) is 5.92 Å². The SMILES string of the molecule is O=C(CN1C(=O)C2CCCCC2NC1=S)NCc1cccnc1. The fourth-order valence-corrected chi connectivity index (χ4v) is 3.49. The molecule has 2 fully saturated rings. The molecule has 0 radical (unpaired) electrons. The van der Waals surface area contributed by atoms with Gasteiger partial charge in [-0.15, -0.1) is 0 Å². The van der Waals surface area contributed by atoms with Crippen LogP contribution in [0.4, 0.5) is 0 Å². The van der Waals surface area contributed by atoms with Gasteiger partial charge in [0.15, 0.2) is 5.11 Å². The molecular weight excluding hydrogens is 312 g/mol. The van der Waals surface area contributed by atoms with E-state index in [0.717, 1.165) is 31.2 Å². The van der Waals surface area contributed by atoms with Gasteiger partial charge >= 0.3 is 0 Å². The Morgan fingerprint density at radius 2 is 2.26 bits per heavy atom. The number of fused-ring (bicyclic) bond motifs is 1. The standard InChI is InChI=1S/C16H20N4O2S/c21-14(18-9-11-4-3-7-17-8-11)10-20-15(22)12-5-1-2-6-13(12)19-16(20)23/h3-4,7-8,12-13H,1-2,5-6,9-10H2,(H,18,21)(H,19,23). The Balaban J connectivity index is 1.57. The minimum atomic E-state index is -0.222. The molecular formula is C16H20N4O2S. The third kappa shape index (κ3) is 3.67. The quantitative estimate of drug-likeness (QED) is 0.804. The van der Waals surface area contributed by atoms with Crippen molar-refractivity contribution in [3.8, 4) is 0 Å². The Bertz CT molecular complexity index is 607. The predicted molar refractivity (Wildman–Crippen MR) is 89.3 cm³/mol. The summed E-state index contributed by atoms with van der Waals surface area (Å²) in [6.07, 6.45) is 7.40. The van der Waals surface area contributed by atoms with E-state index in [1.165, 1.54) is 4.90 Å². The number of carbonyl (C=O) groups is 2. The molecule has 2 atom stereocenters. The molecule has 1 saturated carbocycles. The normalized spacial score (nSPS) is 23.9. The zero-order valence-corrected chi connectivity index (χ0v) is 13.6. The molecule has 122 valence electrons.